The fourth-order valence-electron chi connectivity index (χ4n) is 5.71. The van der Waals surface area contributed by atoms with E-state index < -0.39 is 32.5 Å². The van der Waals surface area contributed by atoms with Gasteiger partial charge in [0, 0.05) is 19.4 Å². The minimum Gasteiger partial charge on any atom is -0.462 e. The quantitative estimate of drug-likeness (QED) is 0.0273. The van der Waals surface area contributed by atoms with E-state index in [0.717, 1.165) is 32.1 Å². The predicted molar refractivity (Wildman–Crippen MR) is 211 cm³/mol. The van der Waals surface area contributed by atoms with Crippen LogP contribution in [0.3, 0.4) is 0 Å². The molecule has 0 spiro atoms. The van der Waals surface area contributed by atoms with Crippen molar-refractivity contribution >= 4 is 19.8 Å². The molecule has 0 saturated heterocycles. The van der Waals surface area contributed by atoms with Crippen molar-refractivity contribution < 1.29 is 37.6 Å². The fraction of sp³-hybridized carbons (Fsp3) is 0.854. The SMILES string of the molecule is CCCCCCCCCCC/C=C/CCCCC(=O)O[C@H](COC(=O)CC/C=C/CCCCCCCCCCCCC)COP(=O)(O)OCCN. The van der Waals surface area contributed by atoms with Gasteiger partial charge in [0.05, 0.1) is 13.2 Å². The lowest BCUT2D eigenvalue weighted by atomic mass is 10.1. The fourth-order valence-corrected chi connectivity index (χ4v) is 6.47. The van der Waals surface area contributed by atoms with Gasteiger partial charge < -0.3 is 20.1 Å². The Morgan fingerprint density at radius 1 is 0.569 bits per heavy atom. The first-order valence-electron chi connectivity index (χ1n) is 20.8. The van der Waals surface area contributed by atoms with Crippen LogP contribution >= 0.6 is 7.82 Å². The van der Waals surface area contributed by atoms with E-state index in [1.165, 1.54) is 122 Å². The second-order valence-corrected chi connectivity index (χ2v) is 15.3. The Hall–Kier alpha value is -1.51. The number of ether oxygens (including phenoxy) is 2. The van der Waals surface area contributed by atoms with Crippen molar-refractivity contribution in [2.45, 2.75) is 200 Å². The number of phosphoric acid groups is 1. The molecule has 10 heteroatoms. The Kier molecular flexibility index (Phi) is 37.1. The van der Waals surface area contributed by atoms with E-state index in [2.05, 4.69) is 32.1 Å². The summed E-state index contributed by atoms with van der Waals surface area (Å²) in [6, 6.07) is 0. The molecule has 0 saturated carbocycles. The van der Waals surface area contributed by atoms with E-state index in [4.69, 9.17) is 24.3 Å². The van der Waals surface area contributed by atoms with E-state index >= 15 is 0 Å². The Morgan fingerprint density at radius 3 is 1.47 bits per heavy atom. The van der Waals surface area contributed by atoms with E-state index in [1.807, 2.05) is 6.08 Å². The molecule has 0 fully saturated rings. The number of carbonyl (C=O) groups is 2. The summed E-state index contributed by atoms with van der Waals surface area (Å²) in [5, 5.41) is 0. The first-order chi connectivity index (χ1) is 24.8. The maximum absolute atomic E-state index is 12.5. The number of hydrogen-bond acceptors (Lipinski definition) is 8. The molecule has 3 N–H and O–H groups in total. The minimum absolute atomic E-state index is 0.0478. The first-order valence-corrected chi connectivity index (χ1v) is 22.3. The van der Waals surface area contributed by atoms with Crippen LogP contribution in [0.5, 0.6) is 0 Å². The molecule has 0 aliphatic carbocycles. The zero-order valence-electron chi connectivity index (χ0n) is 32.8. The highest BCUT2D eigenvalue weighted by Crippen LogP contribution is 2.43. The first kappa shape index (κ1) is 49.5. The van der Waals surface area contributed by atoms with Gasteiger partial charge in [-0.15, -0.1) is 0 Å². The lowest BCUT2D eigenvalue weighted by Crippen LogP contribution is -2.29. The Morgan fingerprint density at radius 2 is 1.00 bits per heavy atom. The van der Waals surface area contributed by atoms with Crippen LogP contribution in [-0.2, 0) is 32.7 Å². The maximum Gasteiger partial charge on any atom is 0.472 e. The molecule has 0 aromatic rings. The van der Waals surface area contributed by atoms with Crippen molar-refractivity contribution in [3.05, 3.63) is 24.3 Å². The molecule has 2 atom stereocenters. The van der Waals surface area contributed by atoms with Crippen molar-refractivity contribution in [1.29, 1.82) is 0 Å². The molecule has 0 aliphatic heterocycles. The number of allylic oxidation sites excluding steroid dienone is 4. The van der Waals surface area contributed by atoms with Crippen LogP contribution < -0.4 is 5.73 Å². The van der Waals surface area contributed by atoms with Crippen LogP contribution in [0.15, 0.2) is 24.3 Å². The average molecular weight is 744 g/mol. The average Bonchev–Trinajstić information content (AvgIpc) is 3.11. The Balaban J connectivity index is 4.23. The molecule has 1 unspecified atom stereocenters. The van der Waals surface area contributed by atoms with Crippen LogP contribution in [0.1, 0.15) is 194 Å². The van der Waals surface area contributed by atoms with Gasteiger partial charge in [0.2, 0.25) is 0 Å². The van der Waals surface area contributed by atoms with Crippen molar-refractivity contribution in [2.75, 3.05) is 26.4 Å². The van der Waals surface area contributed by atoms with Gasteiger partial charge in [0.25, 0.3) is 0 Å². The summed E-state index contributed by atoms with van der Waals surface area (Å²) >= 11 is 0. The second-order valence-electron chi connectivity index (χ2n) is 13.8. The molecular formula is C41H78NO8P. The standard InChI is InChI=1S/C41H78NO8P/c1-3-5-7-9-11-13-15-17-19-21-23-25-27-29-31-33-40(43)47-37-39(38-49-51(45,46)48-36-35-42)50-41(44)34-32-30-28-26-24-22-20-18-16-14-12-10-8-6-4-2/h24,26-27,29,39H,3-23,25,28,30-38,42H2,1-2H3,(H,45,46)/b26-24+,29-27+/t39-/m1/s1. The third kappa shape index (κ3) is 38.0. The highest BCUT2D eigenvalue weighted by molar-refractivity contribution is 7.47. The lowest BCUT2D eigenvalue weighted by Gasteiger charge is -2.19. The summed E-state index contributed by atoms with van der Waals surface area (Å²) in [6.07, 6.45) is 39.4. The van der Waals surface area contributed by atoms with Crippen LogP contribution in [0, 0.1) is 0 Å². The van der Waals surface area contributed by atoms with E-state index in [0.29, 0.717) is 12.8 Å². The highest BCUT2D eigenvalue weighted by atomic mass is 31.2. The molecule has 0 aliphatic rings. The van der Waals surface area contributed by atoms with Crippen molar-refractivity contribution in [3.8, 4) is 0 Å². The van der Waals surface area contributed by atoms with Crippen LogP contribution in [0.4, 0.5) is 0 Å². The summed E-state index contributed by atoms with van der Waals surface area (Å²) in [6.45, 7) is 3.67. The molecule has 0 rings (SSSR count). The zero-order chi connectivity index (χ0) is 37.5. The second kappa shape index (κ2) is 38.2. The summed E-state index contributed by atoms with van der Waals surface area (Å²) in [5.74, 6) is -0.907. The van der Waals surface area contributed by atoms with Gasteiger partial charge in [-0.2, -0.15) is 0 Å². The molecular weight excluding hydrogens is 665 g/mol. The van der Waals surface area contributed by atoms with Gasteiger partial charge in [0.15, 0.2) is 6.10 Å². The third-order valence-corrected chi connectivity index (χ3v) is 9.81. The predicted octanol–water partition coefficient (Wildman–Crippen LogP) is 11.6. The van der Waals surface area contributed by atoms with Gasteiger partial charge in [-0.3, -0.25) is 18.6 Å². The number of rotatable bonds is 39. The molecule has 300 valence electrons. The van der Waals surface area contributed by atoms with Gasteiger partial charge in [-0.25, -0.2) is 4.57 Å². The molecule has 0 amide bonds. The van der Waals surface area contributed by atoms with E-state index in [9.17, 15) is 19.0 Å². The maximum atomic E-state index is 12.5. The summed E-state index contributed by atoms with van der Waals surface area (Å²) < 4.78 is 32.6. The topological polar surface area (TPSA) is 134 Å². The van der Waals surface area contributed by atoms with Crippen LogP contribution in [0.2, 0.25) is 0 Å². The molecule has 0 aromatic heterocycles. The van der Waals surface area contributed by atoms with Crippen LogP contribution in [-0.4, -0.2) is 49.3 Å². The van der Waals surface area contributed by atoms with Crippen molar-refractivity contribution in [2.24, 2.45) is 5.73 Å². The normalized spacial score (nSPS) is 13.6. The third-order valence-electron chi connectivity index (χ3n) is 8.82. The van der Waals surface area contributed by atoms with E-state index in [-0.39, 0.29) is 32.6 Å². The Bertz CT molecular complexity index is 897. The summed E-state index contributed by atoms with van der Waals surface area (Å²) in [7, 11) is -4.38. The zero-order valence-corrected chi connectivity index (χ0v) is 33.7. The minimum atomic E-state index is -4.38. The molecule has 9 nitrogen and oxygen atoms in total. The molecule has 0 bridgehead atoms. The number of esters is 2. The smallest absolute Gasteiger partial charge is 0.462 e. The summed E-state index contributed by atoms with van der Waals surface area (Å²) in [5.41, 5.74) is 5.33. The van der Waals surface area contributed by atoms with E-state index in [1.54, 1.807) is 0 Å². The lowest BCUT2D eigenvalue weighted by molar-refractivity contribution is -0.161. The van der Waals surface area contributed by atoms with Gasteiger partial charge in [0.1, 0.15) is 6.61 Å². The van der Waals surface area contributed by atoms with Crippen molar-refractivity contribution in [3.63, 3.8) is 0 Å². The number of hydrogen-bond donors (Lipinski definition) is 2. The number of carbonyl (C=O) groups excluding carboxylic acids is 2. The summed E-state index contributed by atoms with van der Waals surface area (Å²) in [4.78, 5) is 34.7. The molecule has 0 aromatic carbocycles. The monoisotopic (exact) mass is 744 g/mol. The van der Waals surface area contributed by atoms with Gasteiger partial charge >= 0.3 is 19.8 Å². The number of nitrogens with two attached hydrogens (primary N) is 1. The largest absolute Gasteiger partial charge is 0.472 e. The highest BCUT2D eigenvalue weighted by Gasteiger charge is 2.25. The Labute approximate surface area is 312 Å². The van der Waals surface area contributed by atoms with Crippen molar-refractivity contribution in [1.82, 2.24) is 0 Å². The molecule has 51 heavy (non-hydrogen) atoms. The van der Waals surface area contributed by atoms with Gasteiger partial charge in [-0.1, -0.05) is 154 Å². The molecule has 0 radical (unpaired) electrons. The van der Waals surface area contributed by atoms with Gasteiger partial charge in [-0.05, 0) is 51.4 Å². The number of phosphoric ester groups is 1. The van der Waals surface area contributed by atoms with Crippen LogP contribution in [0.25, 0.3) is 0 Å². The molecule has 0 heterocycles. The number of unbranched alkanes of at least 4 members (excludes halogenated alkanes) is 22.